The molecule has 0 radical (unpaired) electrons. The molecule has 1 aliphatic rings. The third-order valence-electron chi connectivity index (χ3n) is 5.50. The third-order valence-corrected chi connectivity index (χ3v) is 6.73. The lowest BCUT2D eigenvalue weighted by atomic mass is 10.2. The summed E-state index contributed by atoms with van der Waals surface area (Å²) in [7, 11) is 0. The normalized spacial score (nSPS) is 14.8. The average Bonchev–Trinajstić information content (AvgIpc) is 3.30. The molecule has 15 heteroatoms. The molecular weight excluding hydrogens is 556 g/mol. The van der Waals surface area contributed by atoms with Crippen LogP contribution >= 0.6 is 22.9 Å². The first-order valence-corrected chi connectivity index (χ1v) is 12.6. The summed E-state index contributed by atoms with van der Waals surface area (Å²) in [5, 5.41) is 5.05. The van der Waals surface area contributed by atoms with Crippen LogP contribution in [0.1, 0.15) is 16.6 Å². The fraction of sp³-hybridized carbons (Fsp3) is 0.435. The maximum absolute atomic E-state index is 13.2. The van der Waals surface area contributed by atoms with Gasteiger partial charge in [0.15, 0.2) is 5.75 Å². The summed E-state index contributed by atoms with van der Waals surface area (Å²) in [5.41, 5.74) is 0.0764. The maximum atomic E-state index is 13.2. The number of likely N-dealkylation sites (N-methyl/N-ethyl adjacent to an activating group) is 1. The van der Waals surface area contributed by atoms with Gasteiger partial charge in [-0.25, -0.2) is 8.78 Å². The van der Waals surface area contributed by atoms with Gasteiger partial charge >= 0.3 is 6.61 Å². The van der Waals surface area contributed by atoms with Crippen molar-refractivity contribution in [1.29, 1.82) is 0 Å². The largest absolute Gasteiger partial charge is 0.433 e. The lowest BCUT2D eigenvalue weighted by molar-refractivity contribution is -0.126. The van der Waals surface area contributed by atoms with Gasteiger partial charge in [-0.2, -0.15) is 8.78 Å². The third kappa shape index (κ3) is 8.03. The van der Waals surface area contributed by atoms with Crippen LogP contribution in [0.5, 0.6) is 5.75 Å². The predicted octanol–water partition coefficient (Wildman–Crippen LogP) is 3.69. The summed E-state index contributed by atoms with van der Waals surface area (Å²) in [5.74, 6) is -2.14. The van der Waals surface area contributed by atoms with Gasteiger partial charge in [0.25, 0.3) is 18.2 Å². The molecule has 9 nitrogen and oxygen atoms in total. The van der Waals surface area contributed by atoms with Gasteiger partial charge in [-0.05, 0) is 30.8 Å². The number of thiophene rings is 1. The molecule has 0 saturated carbocycles. The van der Waals surface area contributed by atoms with Crippen molar-refractivity contribution >= 4 is 52.0 Å². The first kappa shape index (κ1) is 29.6. The molecular formula is C23H25ClF4N4O5S. The van der Waals surface area contributed by atoms with Crippen LogP contribution in [0.25, 0.3) is 0 Å². The molecule has 1 aromatic heterocycles. The molecule has 38 heavy (non-hydrogen) atoms. The van der Waals surface area contributed by atoms with E-state index >= 15 is 0 Å². The zero-order valence-electron chi connectivity index (χ0n) is 20.1. The first-order valence-electron chi connectivity index (χ1n) is 11.4. The van der Waals surface area contributed by atoms with Gasteiger partial charge in [0.1, 0.15) is 12.6 Å². The number of nitrogens with one attached hydrogen (secondary N) is 2. The Morgan fingerprint density at radius 1 is 1.24 bits per heavy atom. The number of halogens is 5. The van der Waals surface area contributed by atoms with E-state index in [1.807, 2.05) is 0 Å². The van der Waals surface area contributed by atoms with Crippen LogP contribution in [0, 0.1) is 0 Å². The minimum atomic E-state index is -3.22. The molecule has 208 valence electrons. The molecule has 1 saturated heterocycles. The lowest BCUT2D eigenvalue weighted by Crippen LogP contribution is -2.52. The maximum Gasteiger partial charge on any atom is 0.387 e. The van der Waals surface area contributed by atoms with Crippen molar-refractivity contribution < 1.29 is 41.4 Å². The molecule has 1 atom stereocenters. The van der Waals surface area contributed by atoms with Crippen molar-refractivity contribution in [1.82, 2.24) is 10.2 Å². The number of carbonyl (C=O) groups excluding carboxylic acids is 3. The Labute approximate surface area is 224 Å². The molecule has 1 aromatic carbocycles. The Bertz CT molecular complexity index is 1140. The van der Waals surface area contributed by atoms with Gasteiger partial charge in [-0.1, -0.05) is 18.5 Å². The molecule has 1 aliphatic heterocycles. The molecule has 0 bridgehead atoms. The Balaban J connectivity index is 1.82. The fourth-order valence-corrected chi connectivity index (χ4v) is 4.72. The van der Waals surface area contributed by atoms with E-state index in [0.717, 1.165) is 17.4 Å². The summed E-state index contributed by atoms with van der Waals surface area (Å²) in [6, 6.07) is 5.57. The van der Waals surface area contributed by atoms with E-state index in [1.54, 1.807) is 6.92 Å². The second kappa shape index (κ2) is 13.7. The van der Waals surface area contributed by atoms with Gasteiger partial charge in [-0.3, -0.25) is 19.3 Å². The number of anilines is 2. The fourth-order valence-electron chi connectivity index (χ4n) is 3.76. The van der Waals surface area contributed by atoms with Crippen molar-refractivity contribution in [3.63, 3.8) is 0 Å². The monoisotopic (exact) mass is 580 g/mol. The summed E-state index contributed by atoms with van der Waals surface area (Å²) in [6.45, 7) is -2.57. The molecule has 2 N–H and O–H groups in total. The SMILES string of the molecule is CCN(CC(F)F)[C@@H](CNC(=O)c1ccc(Cl)s1)C(=O)Nc1ccc(N2CCOCC2=O)c(OC(F)F)c1. The minimum Gasteiger partial charge on any atom is -0.433 e. The van der Waals surface area contributed by atoms with E-state index < -0.39 is 43.3 Å². The molecule has 0 unspecified atom stereocenters. The summed E-state index contributed by atoms with van der Waals surface area (Å²) >= 11 is 6.86. The smallest absolute Gasteiger partial charge is 0.387 e. The van der Waals surface area contributed by atoms with Crippen LogP contribution in [0.15, 0.2) is 30.3 Å². The zero-order chi connectivity index (χ0) is 27.8. The van der Waals surface area contributed by atoms with Crippen LogP contribution < -0.4 is 20.3 Å². The highest BCUT2D eigenvalue weighted by Gasteiger charge is 2.29. The Hall–Kier alpha value is -2.94. The highest BCUT2D eigenvalue weighted by molar-refractivity contribution is 7.18. The van der Waals surface area contributed by atoms with E-state index in [-0.39, 0.29) is 54.8 Å². The summed E-state index contributed by atoms with van der Waals surface area (Å²) in [6.07, 6.45) is -2.76. The van der Waals surface area contributed by atoms with Gasteiger partial charge in [0.05, 0.1) is 28.1 Å². The van der Waals surface area contributed by atoms with Gasteiger partial charge in [0.2, 0.25) is 5.91 Å². The highest BCUT2D eigenvalue weighted by Crippen LogP contribution is 2.33. The topological polar surface area (TPSA) is 100 Å². The number of carbonyl (C=O) groups is 3. The van der Waals surface area contributed by atoms with E-state index in [0.29, 0.717) is 4.34 Å². The number of hydrogen-bond donors (Lipinski definition) is 2. The number of nitrogens with zero attached hydrogens (tertiary/aromatic N) is 2. The second-order valence-corrected chi connectivity index (χ2v) is 9.67. The molecule has 2 heterocycles. The molecule has 3 rings (SSSR count). The van der Waals surface area contributed by atoms with Crippen molar-refractivity contribution in [2.45, 2.75) is 26.0 Å². The number of morpholine rings is 1. The predicted molar refractivity (Wildman–Crippen MR) is 134 cm³/mol. The van der Waals surface area contributed by atoms with Crippen LogP contribution in [0.4, 0.5) is 28.9 Å². The van der Waals surface area contributed by atoms with Crippen molar-refractivity contribution in [2.24, 2.45) is 0 Å². The van der Waals surface area contributed by atoms with Gasteiger partial charge in [0, 0.05) is 24.8 Å². The number of alkyl halides is 4. The van der Waals surface area contributed by atoms with Crippen molar-refractivity contribution in [3.8, 4) is 5.75 Å². The zero-order valence-corrected chi connectivity index (χ0v) is 21.7. The Morgan fingerprint density at radius 2 is 2.00 bits per heavy atom. The average molecular weight is 581 g/mol. The minimum absolute atomic E-state index is 0.0181. The standard InChI is InChI=1S/C23H25ClF4N4O5S/c1-2-31(11-19(25)26)15(10-29-22(35)17-5-6-18(24)38-17)21(34)30-13-3-4-14(16(9-13)37-23(27)28)32-7-8-36-12-20(32)33/h3-6,9,15,19,23H,2,7-8,10-12H2,1H3,(H,29,35)(H,30,34)/t15-/m0/s1. The summed E-state index contributed by atoms with van der Waals surface area (Å²) in [4.78, 5) is 40.5. The molecule has 2 aromatic rings. The molecule has 0 aliphatic carbocycles. The Morgan fingerprint density at radius 3 is 2.61 bits per heavy atom. The van der Waals surface area contributed by atoms with Crippen molar-refractivity contribution in [3.05, 3.63) is 39.5 Å². The number of rotatable bonds is 12. The van der Waals surface area contributed by atoms with Crippen LogP contribution in [0.3, 0.4) is 0 Å². The number of ether oxygens (including phenoxy) is 2. The van der Waals surface area contributed by atoms with E-state index in [1.165, 1.54) is 34.1 Å². The second-order valence-electron chi connectivity index (χ2n) is 7.96. The van der Waals surface area contributed by atoms with Crippen LogP contribution in [-0.2, 0) is 14.3 Å². The molecule has 3 amide bonds. The Kier molecular flexibility index (Phi) is 10.7. The van der Waals surface area contributed by atoms with E-state index in [9.17, 15) is 31.9 Å². The molecule has 0 spiro atoms. The highest BCUT2D eigenvalue weighted by atomic mass is 35.5. The van der Waals surface area contributed by atoms with E-state index in [4.69, 9.17) is 16.3 Å². The molecule has 1 fully saturated rings. The van der Waals surface area contributed by atoms with Crippen molar-refractivity contribution in [2.75, 3.05) is 49.6 Å². The summed E-state index contributed by atoms with van der Waals surface area (Å²) < 4.78 is 62.7. The van der Waals surface area contributed by atoms with Gasteiger partial charge < -0.3 is 25.0 Å². The van der Waals surface area contributed by atoms with Crippen LogP contribution in [0.2, 0.25) is 4.34 Å². The lowest BCUT2D eigenvalue weighted by Gasteiger charge is -2.30. The number of amides is 3. The van der Waals surface area contributed by atoms with Crippen LogP contribution in [-0.4, -0.2) is 81.1 Å². The number of benzene rings is 1. The first-order chi connectivity index (χ1) is 18.1. The number of hydrogen-bond acceptors (Lipinski definition) is 7. The quantitative estimate of drug-likeness (QED) is 0.372. The van der Waals surface area contributed by atoms with Gasteiger partial charge in [-0.15, -0.1) is 11.3 Å². The van der Waals surface area contributed by atoms with E-state index in [2.05, 4.69) is 15.4 Å².